The van der Waals surface area contributed by atoms with E-state index < -0.39 is 0 Å². The van der Waals surface area contributed by atoms with Crippen LogP contribution in [0.4, 0.5) is 5.69 Å². The second kappa shape index (κ2) is 6.75. The van der Waals surface area contributed by atoms with Crippen molar-refractivity contribution < 1.29 is 9.53 Å². The molecule has 2 N–H and O–H groups in total. The molecule has 1 aliphatic rings. The maximum Gasteiger partial charge on any atom is 0.163 e. The van der Waals surface area contributed by atoms with Crippen LogP contribution in [0, 0.1) is 0 Å². The predicted octanol–water partition coefficient (Wildman–Crippen LogP) is 2.61. The second-order valence-electron chi connectivity index (χ2n) is 5.18. The van der Waals surface area contributed by atoms with E-state index in [9.17, 15) is 4.79 Å². The summed E-state index contributed by atoms with van der Waals surface area (Å²) >= 11 is 0. The number of ether oxygens (including phenoxy) is 1. The number of Topliss-reactive ketones (excluding diaryl/α,β-unsaturated/α-hetero) is 1. The van der Waals surface area contributed by atoms with E-state index in [1.54, 1.807) is 0 Å². The third kappa shape index (κ3) is 3.12. The van der Waals surface area contributed by atoms with E-state index in [0.717, 1.165) is 42.9 Å². The summed E-state index contributed by atoms with van der Waals surface area (Å²) in [6.07, 6.45) is 2.48. The van der Waals surface area contributed by atoms with Crippen molar-refractivity contribution in [1.29, 1.82) is 0 Å². The van der Waals surface area contributed by atoms with Crippen molar-refractivity contribution in [2.75, 3.05) is 24.5 Å². The fourth-order valence-corrected chi connectivity index (χ4v) is 2.52. The number of carbonyl (C=O) groups is 1. The number of hydrogen-bond donors (Lipinski definition) is 1. The van der Waals surface area contributed by atoms with Crippen molar-refractivity contribution in [3.8, 4) is 5.75 Å². The van der Waals surface area contributed by atoms with E-state index in [4.69, 9.17) is 10.5 Å². The first-order chi connectivity index (χ1) is 9.69. The highest BCUT2D eigenvalue weighted by Crippen LogP contribution is 2.35. The fraction of sp³-hybridized carbons (Fsp3) is 0.562. The van der Waals surface area contributed by atoms with Crippen molar-refractivity contribution in [2.45, 2.75) is 39.2 Å². The number of ketones is 1. The van der Waals surface area contributed by atoms with Gasteiger partial charge >= 0.3 is 0 Å². The van der Waals surface area contributed by atoms with Gasteiger partial charge in [0.25, 0.3) is 0 Å². The van der Waals surface area contributed by atoms with Crippen molar-refractivity contribution in [3.63, 3.8) is 0 Å². The molecule has 1 heterocycles. The zero-order valence-corrected chi connectivity index (χ0v) is 12.4. The predicted molar refractivity (Wildman–Crippen MR) is 81.7 cm³/mol. The zero-order valence-electron chi connectivity index (χ0n) is 12.4. The van der Waals surface area contributed by atoms with Gasteiger partial charge in [0.1, 0.15) is 11.9 Å². The van der Waals surface area contributed by atoms with Gasteiger partial charge in [0.2, 0.25) is 0 Å². The van der Waals surface area contributed by atoms with Gasteiger partial charge in [-0.15, -0.1) is 0 Å². The summed E-state index contributed by atoms with van der Waals surface area (Å²) in [5.74, 6) is 1.05. The summed E-state index contributed by atoms with van der Waals surface area (Å²) in [7, 11) is 0. The Balaban J connectivity index is 2.23. The Bertz CT molecular complexity index is 474. The summed E-state index contributed by atoms with van der Waals surface area (Å²) in [5.41, 5.74) is 7.26. The van der Waals surface area contributed by atoms with Gasteiger partial charge in [-0.05, 0) is 44.5 Å². The molecule has 1 aromatic rings. The van der Waals surface area contributed by atoms with Crippen molar-refractivity contribution in [3.05, 3.63) is 23.8 Å². The molecule has 0 aliphatic carbocycles. The Morgan fingerprint density at radius 3 is 2.90 bits per heavy atom. The standard InChI is InChI=1S/C16H24N2O2/c1-3-13-11-18(4-2)14-10-12(7-8-16(14)20-13)15(19)6-5-9-17/h7-8,10,13H,3-6,9,11,17H2,1-2H3. The first-order valence-electron chi connectivity index (χ1n) is 7.48. The lowest BCUT2D eigenvalue weighted by atomic mass is 10.0. The third-order valence-corrected chi connectivity index (χ3v) is 3.78. The van der Waals surface area contributed by atoms with E-state index in [-0.39, 0.29) is 11.9 Å². The second-order valence-corrected chi connectivity index (χ2v) is 5.18. The molecule has 4 nitrogen and oxygen atoms in total. The molecular weight excluding hydrogens is 252 g/mol. The average Bonchev–Trinajstić information content (AvgIpc) is 2.50. The molecular formula is C16H24N2O2. The van der Waals surface area contributed by atoms with E-state index in [2.05, 4.69) is 18.7 Å². The molecule has 0 saturated heterocycles. The number of nitrogens with zero attached hydrogens (tertiary/aromatic N) is 1. The van der Waals surface area contributed by atoms with Gasteiger partial charge in [-0.3, -0.25) is 4.79 Å². The van der Waals surface area contributed by atoms with Crippen LogP contribution in [0.1, 0.15) is 43.5 Å². The van der Waals surface area contributed by atoms with Crippen molar-refractivity contribution in [2.24, 2.45) is 5.73 Å². The molecule has 0 fully saturated rings. The number of benzene rings is 1. The van der Waals surface area contributed by atoms with E-state index in [0.29, 0.717) is 13.0 Å². The quantitative estimate of drug-likeness (QED) is 0.811. The number of hydrogen-bond acceptors (Lipinski definition) is 4. The molecule has 0 saturated carbocycles. The summed E-state index contributed by atoms with van der Waals surface area (Å²) < 4.78 is 5.96. The smallest absolute Gasteiger partial charge is 0.163 e. The molecule has 20 heavy (non-hydrogen) atoms. The lowest BCUT2D eigenvalue weighted by molar-refractivity contribution is 0.0980. The Morgan fingerprint density at radius 2 is 2.25 bits per heavy atom. The average molecular weight is 276 g/mol. The minimum atomic E-state index is 0.159. The number of likely N-dealkylation sites (N-methyl/N-ethyl adjacent to an activating group) is 1. The van der Waals surface area contributed by atoms with Crippen LogP contribution in [0.25, 0.3) is 0 Å². The number of anilines is 1. The lowest BCUT2D eigenvalue weighted by Gasteiger charge is -2.35. The van der Waals surface area contributed by atoms with Crippen LogP contribution in [0.15, 0.2) is 18.2 Å². The van der Waals surface area contributed by atoms with Gasteiger partial charge < -0.3 is 15.4 Å². The van der Waals surface area contributed by atoms with Crippen molar-refractivity contribution >= 4 is 11.5 Å². The fourth-order valence-electron chi connectivity index (χ4n) is 2.52. The lowest BCUT2D eigenvalue weighted by Crippen LogP contribution is -2.39. The molecule has 110 valence electrons. The maximum atomic E-state index is 12.1. The minimum Gasteiger partial charge on any atom is -0.486 e. The highest BCUT2D eigenvalue weighted by molar-refractivity contribution is 5.97. The molecule has 0 spiro atoms. The molecule has 1 atom stereocenters. The van der Waals surface area contributed by atoms with Crippen LogP contribution in [-0.4, -0.2) is 31.5 Å². The van der Waals surface area contributed by atoms with E-state index in [1.807, 2.05) is 18.2 Å². The van der Waals surface area contributed by atoms with Crippen LogP contribution in [0.2, 0.25) is 0 Å². The molecule has 1 aromatic carbocycles. The molecule has 1 aliphatic heterocycles. The summed E-state index contributed by atoms with van der Waals surface area (Å²) in [5, 5.41) is 0. The van der Waals surface area contributed by atoms with Gasteiger partial charge in [0.15, 0.2) is 5.78 Å². The summed E-state index contributed by atoms with van der Waals surface area (Å²) in [4.78, 5) is 14.4. The number of rotatable bonds is 6. The maximum absolute atomic E-state index is 12.1. The molecule has 0 bridgehead atoms. The van der Waals surface area contributed by atoms with Crippen molar-refractivity contribution in [1.82, 2.24) is 0 Å². The van der Waals surface area contributed by atoms with Crippen LogP contribution in [0.5, 0.6) is 5.75 Å². The monoisotopic (exact) mass is 276 g/mol. The Kier molecular flexibility index (Phi) is 5.01. The Hall–Kier alpha value is -1.55. The summed E-state index contributed by atoms with van der Waals surface area (Å²) in [6.45, 7) is 6.63. The van der Waals surface area contributed by atoms with Gasteiger partial charge in [0.05, 0.1) is 12.2 Å². The van der Waals surface area contributed by atoms with Crippen LogP contribution >= 0.6 is 0 Å². The van der Waals surface area contributed by atoms with Crippen LogP contribution in [-0.2, 0) is 0 Å². The van der Waals surface area contributed by atoms with Gasteiger partial charge in [-0.2, -0.15) is 0 Å². The van der Waals surface area contributed by atoms with Gasteiger partial charge in [0, 0.05) is 18.5 Å². The van der Waals surface area contributed by atoms with Crippen LogP contribution in [0.3, 0.4) is 0 Å². The molecule has 0 radical (unpaired) electrons. The first kappa shape index (κ1) is 14.9. The molecule has 4 heteroatoms. The minimum absolute atomic E-state index is 0.159. The molecule has 0 amide bonds. The Labute approximate surface area is 120 Å². The topological polar surface area (TPSA) is 55.6 Å². The normalized spacial score (nSPS) is 17.6. The molecule has 0 aromatic heterocycles. The zero-order chi connectivity index (χ0) is 14.5. The van der Waals surface area contributed by atoms with Gasteiger partial charge in [-0.25, -0.2) is 0 Å². The summed E-state index contributed by atoms with van der Waals surface area (Å²) in [6, 6.07) is 5.75. The largest absolute Gasteiger partial charge is 0.486 e. The first-order valence-corrected chi connectivity index (χ1v) is 7.48. The van der Waals surface area contributed by atoms with E-state index >= 15 is 0 Å². The molecule has 1 unspecified atom stereocenters. The Morgan fingerprint density at radius 1 is 1.45 bits per heavy atom. The highest BCUT2D eigenvalue weighted by Gasteiger charge is 2.24. The SMILES string of the molecule is CCC1CN(CC)c2cc(C(=O)CCCN)ccc2O1. The van der Waals surface area contributed by atoms with Gasteiger partial charge in [-0.1, -0.05) is 6.92 Å². The number of nitrogens with two attached hydrogens (primary N) is 1. The third-order valence-electron chi connectivity index (χ3n) is 3.78. The van der Waals surface area contributed by atoms with Crippen LogP contribution < -0.4 is 15.4 Å². The highest BCUT2D eigenvalue weighted by atomic mass is 16.5. The molecule has 2 rings (SSSR count). The van der Waals surface area contributed by atoms with E-state index in [1.165, 1.54) is 0 Å². The number of carbonyl (C=O) groups excluding carboxylic acids is 1. The number of fused-ring (bicyclic) bond motifs is 1.